The molecule has 0 spiro atoms. The van der Waals surface area contributed by atoms with Gasteiger partial charge in [0.2, 0.25) is 0 Å². The Morgan fingerprint density at radius 2 is 2.00 bits per heavy atom. The molecule has 4 nitrogen and oxygen atoms in total. The van der Waals surface area contributed by atoms with Crippen molar-refractivity contribution in [1.82, 2.24) is 4.98 Å². The average molecular weight is 237 g/mol. The first-order valence-corrected chi connectivity index (χ1v) is 4.28. The fourth-order valence-electron chi connectivity index (χ4n) is 1.15. The van der Waals surface area contributed by atoms with Crippen molar-refractivity contribution in [2.45, 2.75) is 19.9 Å². The lowest BCUT2D eigenvalue weighted by Gasteiger charge is -2.14. The Bertz CT molecular complexity index is 379. The van der Waals surface area contributed by atoms with Crippen LogP contribution in [-0.4, -0.2) is 23.6 Å². The van der Waals surface area contributed by atoms with Crippen molar-refractivity contribution in [1.29, 1.82) is 0 Å². The summed E-state index contributed by atoms with van der Waals surface area (Å²) in [5.41, 5.74) is 0.191. The van der Waals surface area contributed by atoms with Gasteiger partial charge in [-0.15, -0.1) is 13.2 Å². The number of aliphatic hydroxyl groups excluding tert-OH is 1. The molecular weight excluding hydrogens is 227 g/mol. The van der Waals surface area contributed by atoms with E-state index >= 15 is 0 Å². The number of aliphatic hydroxyl groups is 1. The number of pyridine rings is 1. The minimum atomic E-state index is -4.83. The maximum Gasteiger partial charge on any atom is 0.573 e. The molecule has 0 aliphatic heterocycles. The van der Waals surface area contributed by atoms with Gasteiger partial charge in [0.25, 0.3) is 0 Å². The first kappa shape index (κ1) is 12.6. The Morgan fingerprint density at radius 3 is 2.44 bits per heavy atom. The SMILES string of the molecule is COc1cc(OC(F)(F)F)c(CO)nc1C. The number of nitrogens with zero attached hydrogens (tertiary/aromatic N) is 1. The number of hydrogen-bond acceptors (Lipinski definition) is 4. The molecular formula is C9H10F3NO3. The van der Waals surface area contributed by atoms with E-state index < -0.39 is 18.7 Å². The monoisotopic (exact) mass is 237 g/mol. The summed E-state index contributed by atoms with van der Waals surface area (Å²) in [6.45, 7) is 0.908. The van der Waals surface area contributed by atoms with Crippen molar-refractivity contribution in [3.8, 4) is 11.5 Å². The summed E-state index contributed by atoms with van der Waals surface area (Å²) in [7, 11) is 1.31. The molecule has 0 fully saturated rings. The second-order valence-corrected chi connectivity index (χ2v) is 2.93. The van der Waals surface area contributed by atoms with Crippen molar-refractivity contribution in [2.75, 3.05) is 7.11 Å². The van der Waals surface area contributed by atoms with Crippen molar-refractivity contribution in [2.24, 2.45) is 0 Å². The molecule has 1 aromatic heterocycles. The third-order valence-corrected chi connectivity index (χ3v) is 1.80. The Kier molecular flexibility index (Phi) is 3.58. The highest BCUT2D eigenvalue weighted by molar-refractivity contribution is 5.39. The molecule has 0 atom stereocenters. The van der Waals surface area contributed by atoms with Gasteiger partial charge in [0.05, 0.1) is 19.4 Å². The van der Waals surface area contributed by atoms with E-state index in [1.54, 1.807) is 6.92 Å². The smallest absolute Gasteiger partial charge is 0.495 e. The van der Waals surface area contributed by atoms with Gasteiger partial charge < -0.3 is 14.6 Å². The molecule has 1 aromatic rings. The van der Waals surface area contributed by atoms with E-state index in [-0.39, 0.29) is 11.4 Å². The van der Waals surface area contributed by atoms with E-state index in [1.165, 1.54) is 7.11 Å². The second-order valence-electron chi connectivity index (χ2n) is 2.93. The van der Waals surface area contributed by atoms with E-state index in [2.05, 4.69) is 9.72 Å². The lowest BCUT2D eigenvalue weighted by molar-refractivity contribution is -0.275. The van der Waals surface area contributed by atoms with Crippen LogP contribution in [0.4, 0.5) is 13.2 Å². The number of alkyl halides is 3. The molecule has 0 radical (unpaired) electrons. The van der Waals surface area contributed by atoms with Crippen LogP contribution < -0.4 is 9.47 Å². The summed E-state index contributed by atoms with van der Waals surface area (Å²) in [4.78, 5) is 3.75. The molecule has 1 rings (SSSR count). The van der Waals surface area contributed by atoms with Gasteiger partial charge in [-0.25, -0.2) is 4.98 Å². The molecule has 0 aromatic carbocycles. The van der Waals surface area contributed by atoms with E-state index in [1.807, 2.05) is 0 Å². The van der Waals surface area contributed by atoms with Crippen LogP contribution in [0.15, 0.2) is 6.07 Å². The zero-order valence-corrected chi connectivity index (χ0v) is 8.63. The number of ether oxygens (including phenoxy) is 2. The normalized spacial score (nSPS) is 11.4. The molecule has 0 bridgehead atoms. The standard InChI is InChI=1S/C9H10F3NO3/c1-5-7(15-2)3-8(6(4-14)13-5)16-9(10,11)12/h3,14H,4H2,1-2H3. The maximum absolute atomic E-state index is 12.0. The Hall–Kier alpha value is -1.50. The highest BCUT2D eigenvalue weighted by Crippen LogP contribution is 2.30. The zero-order valence-electron chi connectivity index (χ0n) is 8.63. The first-order chi connectivity index (χ1) is 7.37. The van der Waals surface area contributed by atoms with Crippen LogP contribution in [0.25, 0.3) is 0 Å². The quantitative estimate of drug-likeness (QED) is 0.870. The van der Waals surface area contributed by atoms with Crippen LogP contribution >= 0.6 is 0 Å². The third-order valence-electron chi connectivity index (χ3n) is 1.80. The Labute approximate surface area is 89.6 Å². The molecule has 0 aliphatic rings. The summed E-state index contributed by atoms with van der Waals surface area (Å²) in [6.07, 6.45) is -4.83. The lowest BCUT2D eigenvalue weighted by Crippen LogP contribution is -2.19. The average Bonchev–Trinajstić information content (AvgIpc) is 2.18. The molecule has 0 saturated heterocycles. The molecule has 0 aliphatic carbocycles. The van der Waals surface area contributed by atoms with Crippen LogP contribution in [0.1, 0.15) is 11.4 Å². The lowest BCUT2D eigenvalue weighted by atomic mass is 10.2. The highest BCUT2D eigenvalue weighted by Gasteiger charge is 2.32. The molecule has 90 valence electrons. The second kappa shape index (κ2) is 4.56. The molecule has 1 heterocycles. The predicted molar refractivity (Wildman–Crippen MR) is 48.1 cm³/mol. The van der Waals surface area contributed by atoms with Crippen molar-refractivity contribution in [3.63, 3.8) is 0 Å². The van der Waals surface area contributed by atoms with E-state index in [4.69, 9.17) is 9.84 Å². The van der Waals surface area contributed by atoms with Gasteiger partial charge >= 0.3 is 6.36 Å². The summed E-state index contributed by atoms with van der Waals surface area (Å²) in [6, 6.07) is 1.04. The third kappa shape index (κ3) is 2.99. The largest absolute Gasteiger partial charge is 0.573 e. The minimum absolute atomic E-state index is 0.163. The summed E-state index contributed by atoms with van der Waals surface area (Å²) in [5, 5.41) is 8.85. The van der Waals surface area contributed by atoms with Crippen molar-refractivity contribution in [3.05, 3.63) is 17.5 Å². The van der Waals surface area contributed by atoms with E-state index in [0.29, 0.717) is 5.69 Å². The van der Waals surface area contributed by atoms with E-state index in [0.717, 1.165) is 6.07 Å². The fourth-order valence-corrected chi connectivity index (χ4v) is 1.15. The first-order valence-electron chi connectivity index (χ1n) is 4.28. The topological polar surface area (TPSA) is 51.6 Å². The van der Waals surface area contributed by atoms with Crippen molar-refractivity contribution >= 4 is 0 Å². The number of aryl methyl sites for hydroxylation is 1. The molecule has 0 unspecified atom stereocenters. The van der Waals surface area contributed by atoms with Gasteiger partial charge in [-0.05, 0) is 6.92 Å². The molecule has 1 N–H and O–H groups in total. The number of methoxy groups -OCH3 is 1. The Balaban J connectivity index is 3.15. The summed E-state index contributed by atoms with van der Waals surface area (Å²) >= 11 is 0. The van der Waals surface area contributed by atoms with Gasteiger partial charge in [0, 0.05) is 6.07 Å². The summed E-state index contributed by atoms with van der Waals surface area (Å²) < 4.78 is 44.6. The van der Waals surface area contributed by atoms with Gasteiger partial charge in [0.15, 0.2) is 5.75 Å². The van der Waals surface area contributed by atoms with Gasteiger partial charge in [0.1, 0.15) is 11.4 Å². The number of aromatic nitrogens is 1. The van der Waals surface area contributed by atoms with Crippen molar-refractivity contribution < 1.29 is 27.8 Å². The number of halogens is 3. The van der Waals surface area contributed by atoms with Gasteiger partial charge in [-0.2, -0.15) is 0 Å². The molecule has 16 heavy (non-hydrogen) atoms. The zero-order chi connectivity index (χ0) is 12.3. The number of rotatable bonds is 3. The van der Waals surface area contributed by atoms with Gasteiger partial charge in [-0.1, -0.05) is 0 Å². The van der Waals surface area contributed by atoms with Crippen LogP contribution in [0.3, 0.4) is 0 Å². The maximum atomic E-state index is 12.0. The van der Waals surface area contributed by atoms with Crippen LogP contribution in [0.2, 0.25) is 0 Å². The minimum Gasteiger partial charge on any atom is -0.495 e. The van der Waals surface area contributed by atoms with Crippen LogP contribution in [-0.2, 0) is 6.61 Å². The highest BCUT2D eigenvalue weighted by atomic mass is 19.4. The van der Waals surface area contributed by atoms with Crippen LogP contribution in [0, 0.1) is 6.92 Å². The van der Waals surface area contributed by atoms with E-state index in [9.17, 15) is 13.2 Å². The Morgan fingerprint density at radius 1 is 1.38 bits per heavy atom. The molecule has 0 amide bonds. The van der Waals surface area contributed by atoms with Crippen LogP contribution in [0.5, 0.6) is 11.5 Å². The molecule has 0 saturated carbocycles. The fraction of sp³-hybridized carbons (Fsp3) is 0.444. The summed E-state index contributed by atoms with van der Waals surface area (Å²) in [5.74, 6) is -0.395. The molecule has 7 heteroatoms. The van der Waals surface area contributed by atoms with Gasteiger partial charge in [-0.3, -0.25) is 0 Å². The number of hydrogen-bond donors (Lipinski definition) is 1. The predicted octanol–water partition coefficient (Wildman–Crippen LogP) is 1.79.